The van der Waals surface area contributed by atoms with E-state index in [-0.39, 0.29) is 17.6 Å². The first-order valence-electron chi connectivity index (χ1n) is 9.33. The molecule has 2 atom stereocenters. The number of nitrogens with one attached hydrogen (secondary N) is 1. The monoisotopic (exact) mass is 342 g/mol. The van der Waals surface area contributed by atoms with E-state index in [1.807, 2.05) is 24.3 Å². The third-order valence-corrected chi connectivity index (χ3v) is 5.82. The Morgan fingerprint density at radius 3 is 2.80 bits per heavy atom. The molecule has 1 aromatic heterocycles. The van der Waals surface area contributed by atoms with Gasteiger partial charge in [-0.05, 0) is 37.9 Å². The van der Waals surface area contributed by atoms with Gasteiger partial charge < -0.3 is 5.32 Å². The summed E-state index contributed by atoms with van der Waals surface area (Å²) in [4.78, 5) is 27.4. The largest absolute Gasteiger partial charge is 0.352 e. The quantitative estimate of drug-likeness (QED) is 0.915. The lowest BCUT2D eigenvalue weighted by Gasteiger charge is -2.32. The molecule has 6 nitrogen and oxygen atoms in total. The molecule has 2 fully saturated rings. The molecule has 0 unspecified atom stereocenters. The zero-order valence-electron chi connectivity index (χ0n) is 14.8. The number of amides is 1. The molecule has 0 bridgehead atoms. The van der Waals surface area contributed by atoms with E-state index in [1.54, 1.807) is 16.2 Å². The van der Waals surface area contributed by atoms with Crippen molar-refractivity contribution in [1.82, 2.24) is 19.4 Å². The van der Waals surface area contributed by atoms with E-state index < -0.39 is 0 Å². The molecule has 3 heterocycles. The zero-order valence-corrected chi connectivity index (χ0v) is 14.8. The lowest BCUT2D eigenvalue weighted by atomic mass is 9.99. The average Bonchev–Trinajstić information content (AvgIpc) is 3.14. The van der Waals surface area contributed by atoms with E-state index >= 15 is 0 Å². The molecular weight excluding hydrogens is 316 g/mol. The highest BCUT2D eigenvalue weighted by Crippen LogP contribution is 2.27. The minimum absolute atomic E-state index is 0.0530. The van der Waals surface area contributed by atoms with E-state index in [2.05, 4.69) is 10.2 Å². The average molecular weight is 342 g/mol. The third-order valence-electron chi connectivity index (χ3n) is 5.82. The molecule has 0 radical (unpaired) electrons. The van der Waals surface area contributed by atoms with Gasteiger partial charge in [0.15, 0.2) is 0 Å². The highest BCUT2D eigenvalue weighted by atomic mass is 16.2. The van der Waals surface area contributed by atoms with Gasteiger partial charge in [-0.2, -0.15) is 0 Å². The number of hydrogen-bond donors (Lipinski definition) is 1. The summed E-state index contributed by atoms with van der Waals surface area (Å²) in [5.74, 6) is 0.0530. The number of imidazole rings is 1. The first-order chi connectivity index (χ1) is 12.1. The molecule has 2 saturated heterocycles. The Morgan fingerprint density at radius 2 is 1.96 bits per heavy atom. The van der Waals surface area contributed by atoms with Crippen LogP contribution in [0.2, 0.25) is 0 Å². The number of piperidine rings is 1. The molecule has 2 aliphatic rings. The van der Waals surface area contributed by atoms with Gasteiger partial charge in [-0.25, -0.2) is 4.79 Å². The van der Waals surface area contributed by atoms with Crippen LogP contribution >= 0.6 is 0 Å². The van der Waals surface area contributed by atoms with Crippen molar-refractivity contribution in [2.24, 2.45) is 7.05 Å². The molecule has 0 aliphatic carbocycles. The summed E-state index contributed by atoms with van der Waals surface area (Å²) in [6.45, 7) is 2.69. The maximum Gasteiger partial charge on any atom is 0.328 e. The summed E-state index contributed by atoms with van der Waals surface area (Å²) in [7, 11) is 1.78. The second-order valence-corrected chi connectivity index (χ2v) is 7.29. The van der Waals surface area contributed by atoms with Crippen molar-refractivity contribution in [3.8, 4) is 0 Å². The number of hydrogen-bond acceptors (Lipinski definition) is 3. The number of aryl methyl sites for hydroxylation is 2. The molecular formula is C19H26N4O2. The highest BCUT2D eigenvalue weighted by Gasteiger charge is 2.36. The molecule has 0 spiro atoms. The first-order valence-corrected chi connectivity index (χ1v) is 9.33. The number of fused-ring (bicyclic) bond motifs is 2. The van der Waals surface area contributed by atoms with Crippen LogP contribution in [0.4, 0.5) is 0 Å². The Kier molecular flexibility index (Phi) is 4.37. The van der Waals surface area contributed by atoms with Crippen LogP contribution < -0.4 is 11.0 Å². The van der Waals surface area contributed by atoms with Gasteiger partial charge in [0, 0.05) is 38.6 Å². The molecule has 1 aromatic carbocycles. The highest BCUT2D eigenvalue weighted by molar-refractivity contribution is 5.78. The molecule has 2 aliphatic heterocycles. The van der Waals surface area contributed by atoms with Crippen LogP contribution in [0.1, 0.15) is 32.1 Å². The van der Waals surface area contributed by atoms with Crippen LogP contribution in [0.5, 0.6) is 0 Å². The lowest BCUT2D eigenvalue weighted by Crippen LogP contribution is -2.47. The summed E-state index contributed by atoms with van der Waals surface area (Å²) in [5.41, 5.74) is 1.73. The minimum Gasteiger partial charge on any atom is -0.352 e. The summed E-state index contributed by atoms with van der Waals surface area (Å²) in [5, 5.41) is 3.22. The van der Waals surface area contributed by atoms with E-state index in [9.17, 15) is 9.59 Å². The van der Waals surface area contributed by atoms with E-state index in [0.29, 0.717) is 19.0 Å². The number of rotatable bonds is 4. The summed E-state index contributed by atoms with van der Waals surface area (Å²) < 4.78 is 3.35. The molecule has 0 saturated carbocycles. The number of benzene rings is 1. The predicted octanol–water partition coefficient (Wildman–Crippen LogP) is 1.47. The van der Waals surface area contributed by atoms with Crippen molar-refractivity contribution in [2.75, 3.05) is 13.1 Å². The zero-order chi connectivity index (χ0) is 17.4. The second-order valence-electron chi connectivity index (χ2n) is 7.29. The van der Waals surface area contributed by atoms with Crippen LogP contribution in [0.25, 0.3) is 11.0 Å². The van der Waals surface area contributed by atoms with Crippen molar-refractivity contribution in [3.63, 3.8) is 0 Å². The van der Waals surface area contributed by atoms with Gasteiger partial charge in [-0.1, -0.05) is 18.6 Å². The number of carbonyl (C=O) groups is 1. The van der Waals surface area contributed by atoms with Crippen LogP contribution in [0.3, 0.4) is 0 Å². The van der Waals surface area contributed by atoms with E-state index in [0.717, 1.165) is 24.0 Å². The van der Waals surface area contributed by atoms with E-state index in [1.165, 1.54) is 25.8 Å². The van der Waals surface area contributed by atoms with Crippen molar-refractivity contribution >= 4 is 16.9 Å². The smallest absolute Gasteiger partial charge is 0.328 e. The summed E-state index contributed by atoms with van der Waals surface area (Å²) in [6, 6.07) is 8.51. The molecule has 134 valence electrons. The van der Waals surface area contributed by atoms with Gasteiger partial charge in [-0.15, -0.1) is 0 Å². The van der Waals surface area contributed by atoms with Gasteiger partial charge in [0.1, 0.15) is 0 Å². The van der Waals surface area contributed by atoms with Gasteiger partial charge in [0.05, 0.1) is 11.0 Å². The Balaban J connectivity index is 1.41. The number of carbonyl (C=O) groups excluding carboxylic acids is 1. The fourth-order valence-corrected chi connectivity index (χ4v) is 4.49. The molecule has 4 rings (SSSR count). The van der Waals surface area contributed by atoms with E-state index in [4.69, 9.17) is 0 Å². The number of nitrogens with zero attached hydrogens (tertiary/aromatic N) is 3. The van der Waals surface area contributed by atoms with Gasteiger partial charge in [-0.3, -0.25) is 18.8 Å². The van der Waals surface area contributed by atoms with Gasteiger partial charge >= 0.3 is 5.69 Å². The Labute approximate surface area is 147 Å². The molecule has 2 aromatic rings. The van der Waals surface area contributed by atoms with Crippen LogP contribution in [-0.4, -0.2) is 45.1 Å². The Bertz CT molecular complexity index is 838. The van der Waals surface area contributed by atoms with Crippen LogP contribution in [0, 0.1) is 0 Å². The predicted molar refractivity (Wildman–Crippen MR) is 97.6 cm³/mol. The van der Waals surface area contributed by atoms with Crippen molar-refractivity contribution in [1.29, 1.82) is 0 Å². The fraction of sp³-hybridized carbons (Fsp3) is 0.579. The third kappa shape index (κ3) is 2.99. The van der Waals surface area contributed by atoms with Crippen LogP contribution in [-0.2, 0) is 18.4 Å². The molecule has 1 N–H and O–H groups in total. The minimum atomic E-state index is -0.0617. The van der Waals surface area contributed by atoms with Gasteiger partial charge in [0.2, 0.25) is 5.91 Å². The maximum absolute atomic E-state index is 12.4. The maximum atomic E-state index is 12.4. The summed E-state index contributed by atoms with van der Waals surface area (Å²) >= 11 is 0. The Morgan fingerprint density at radius 1 is 1.16 bits per heavy atom. The topological polar surface area (TPSA) is 59.3 Å². The van der Waals surface area contributed by atoms with Crippen molar-refractivity contribution in [3.05, 3.63) is 34.7 Å². The van der Waals surface area contributed by atoms with Crippen molar-refractivity contribution < 1.29 is 4.79 Å². The number of aromatic nitrogens is 2. The second kappa shape index (κ2) is 6.67. The number of para-hydroxylation sites is 2. The molecule has 1 amide bonds. The molecule has 6 heteroatoms. The first kappa shape index (κ1) is 16.4. The fourth-order valence-electron chi connectivity index (χ4n) is 4.49. The normalized spacial score (nSPS) is 23.7. The lowest BCUT2D eigenvalue weighted by molar-refractivity contribution is -0.122. The standard InChI is InChI=1S/C19H26N4O2/c1-21-16-7-2-3-8-17(16)23(19(21)25)13-10-18(24)20-14-9-12-22-11-5-4-6-15(14)22/h2-3,7-8,14-15H,4-6,9-13H2,1H3,(H,20,24)/t14-,15+/m0/s1. The SMILES string of the molecule is Cn1c(=O)n(CCC(=O)N[C@H]2CCN3CCCC[C@H]23)c2ccccc21. The van der Waals surface area contributed by atoms with Gasteiger partial charge in [0.25, 0.3) is 0 Å². The summed E-state index contributed by atoms with van der Waals surface area (Å²) in [6.07, 6.45) is 5.12. The molecule has 25 heavy (non-hydrogen) atoms. The Hall–Kier alpha value is -2.08. The van der Waals surface area contributed by atoms with Crippen LogP contribution in [0.15, 0.2) is 29.1 Å². The van der Waals surface area contributed by atoms with Crippen molar-refractivity contribution in [2.45, 2.75) is 50.7 Å².